The van der Waals surface area contributed by atoms with Gasteiger partial charge in [-0.1, -0.05) is 44.2 Å². The molecule has 2 fully saturated rings. The van der Waals surface area contributed by atoms with E-state index in [9.17, 15) is 5.11 Å². The first kappa shape index (κ1) is 21.0. The van der Waals surface area contributed by atoms with Crippen LogP contribution in [-0.2, 0) is 12.8 Å². The van der Waals surface area contributed by atoms with Crippen LogP contribution in [0.4, 0.5) is 0 Å². The van der Waals surface area contributed by atoms with E-state index in [4.69, 9.17) is 10.8 Å². The summed E-state index contributed by atoms with van der Waals surface area (Å²) >= 11 is 0. The number of benzene rings is 1. The van der Waals surface area contributed by atoms with Gasteiger partial charge in [0, 0.05) is 12.8 Å². The first-order valence-corrected chi connectivity index (χ1v) is 12.0. The summed E-state index contributed by atoms with van der Waals surface area (Å²) in [6.07, 6.45) is 8.82. The van der Waals surface area contributed by atoms with Gasteiger partial charge in [-0.3, -0.25) is 0 Å². The molecule has 2 saturated carbocycles. The predicted molar refractivity (Wildman–Crippen MR) is 125 cm³/mol. The van der Waals surface area contributed by atoms with Gasteiger partial charge in [-0.2, -0.15) is 5.10 Å². The molecule has 5 rings (SSSR count). The number of nitrogens with two attached hydrogens (primary N) is 1. The quantitative estimate of drug-likeness (QED) is 0.715. The average molecular weight is 420 g/mol. The van der Waals surface area contributed by atoms with Gasteiger partial charge in [-0.25, -0.2) is 4.68 Å². The molecule has 0 aliphatic heterocycles. The number of aliphatic hydroxyl groups is 1. The van der Waals surface area contributed by atoms with Crippen molar-refractivity contribution >= 4 is 0 Å². The molecule has 166 valence electrons. The van der Waals surface area contributed by atoms with Crippen LogP contribution in [-0.4, -0.2) is 28.0 Å². The van der Waals surface area contributed by atoms with E-state index in [1.807, 2.05) is 10.7 Å². The third-order valence-corrected chi connectivity index (χ3v) is 9.57. The van der Waals surface area contributed by atoms with Crippen molar-refractivity contribution in [2.75, 3.05) is 13.2 Å². The Morgan fingerprint density at radius 3 is 2.68 bits per heavy atom. The van der Waals surface area contributed by atoms with Gasteiger partial charge in [-0.05, 0) is 97.3 Å². The molecule has 3 aliphatic rings. The number of para-hydroxylation sites is 1. The maximum Gasteiger partial charge on any atom is 0.0665 e. The Labute approximate surface area is 186 Å². The third kappa shape index (κ3) is 3.14. The molecule has 0 saturated heterocycles. The van der Waals surface area contributed by atoms with Crippen LogP contribution in [0.25, 0.3) is 5.69 Å². The zero-order chi connectivity index (χ0) is 21.8. The molecule has 6 atom stereocenters. The summed E-state index contributed by atoms with van der Waals surface area (Å²) in [6.45, 7) is 10.2. The number of hydrogen-bond acceptors (Lipinski definition) is 3. The van der Waals surface area contributed by atoms with E-state index in [0.717, 1.165) is 37.2 Å². The van der Waals surface area contributed by atoms with E-state index in [1.54, 1.807) is 0 Å². The monoisotopic (exact) mass is 419 g/mol. The third-order valence-electron chi connectivity index (χ3n) is 9.57. The first-order valence-electron chi connectivity index (χ1n) is 12.0. The molecule has 0 radical (unpaired) electrons. The zero-order valence-electron chi connectivity index (χ0n) is 19.1. The van der Waals surface area contributed by atoms with Crippen molar-refractivity contribution in [1.29, 1.82) is 0 Å². The van der Waals surface area contributed by atoms with E-state index < -0.39 is 0 Å². The second-order valence-corrected chi connectivity index (χ2v) is 10.9. The molecule has 1 heterocycles. The number of aromatic nitrogens is 2. The number of fused-ring (bicyclic) bond motifs is 2. The zero-order valence-corrected chi connectivity index (χ0v) is 19.1. The van der Waals surface area contributed by atoms with Crippen molar-refractivity contribution in [3.8, 4) is 5.69 Å². The fourth-order valence-electron chi connectivity index (χ4n) is 7.55. The van der Waals surface area contributed by atoms with Crippen LogP contribution in [0.5, 0.6) is 0 Å². The Bertz CT molecular complexity index is 966. The summed E-state index contributed by atoms with van der Waals surface area (Å²) in [5.41, 5.74) is 11.8. The Kier molecular flexibility index (Phi) is 5.14. The maximum atomic E-state index is 10.5. The minimum atomic E-state index is 0.0432. The van der Waals surface area contributed by atoms with E-state index >= 15 is 0 Å². The van der Waals surface area contributed by atoms with Crippen LogP contribution < -0.4 is 5.73 Å². The topological polar surface area (TPSA) is 64.1 Å². The number of nitrogens with zero attached hydrogens (tertiary/aromatic N) is 2. The SMILES string of the molecule is C=C1CC[C@H]2[C@H](CN)[C@@H]([C@@]3(C)Cc4cn(-c5ccccc5)nc4C[C@@H]3CO)CC[C@]12C. The maximum absolute atomic E-state index is 10.5. The largest absolute Gasteiger partial charge is 0.396 e. The molecule has 0 spiro atoms. The summed E-state index contributed by atoms with van der Waals surface area (Å²) in [6, 6.07) is 10.3. The molecule has 1 aromatic carbocycles. The predicted octanol–water partition coefficient (Wildman–Crippen LogP) is 4.54. The molecule has 0 unspecified atom stereocenters. The molecule has 4 nitrogen and oxygen atoms in total. The van der Waals surface area contributed by atoms with Crippen LogP contribution in [0, 0.1) is 34.5 Å². The normalized spacial score (nSPS) is 37.5. The lowest BCUT2D eigenvalue weighted by Gasteiger charge is -2.55. The van der Waals surface area contributed by atoms with Crippen LogP contribution in [0.1, 0.15) is 50.8 Å². The molecule has 31 heavy (non-hydrogen) atoms. The highest BCUT2D eigenvalue weighted by Gasteiger charge is 2.56. The first-order chi connectivity index (χ1) is 14.9. The van der Waals surface area contributed by atoms with E-state index in [2.05, 4.69) is 50.9 Å². The number of rotatable bonds is 4. The summed E-state index contributed by atoms with van der Waals surface area (Å²) in [4.78, 5) is 0. The summed E-state index contributed by atoms with van der Waals surface area (Å²) in [5, 5.41) is 15.4. The van der Waals surface area contributed by atoms with Crippen molar-refractivity contribution in [2.24, 2.45) is 40.2 Å². The van der Waals surface area contributed by atoms with Crippen molar-refractivity contribution in [2.45, 2.75) is 52.4 Å². The van der Waals surface area contributed by atoms with Gasteiger partial charge in [0.05, 0.1) is 11.4 Å². The van der Waals surface area contributed by atoms with E-state index in [-0.39, 0.29) is 23.4 Å². The van der Waals surface area contributed by atoms with E-state index in [0.29, 0.717) is 17.8 Å². The minimum Gasteiger partial charge on any atom is -0.396 e. The standard InChI is InChI=1S/C27H37N3O/c1-18-9-10-23-22(15-28)24(11-12-26(18,23)2)27(3)14-19-16-30(21-7-5-4-6-8-21)29-25(19)13-20(27)17-31/h4-8,16,20,22-24,31H,1,9-15,17,28H2,2-3H3/t20-,22+,23+,24+,26-,27+/m1/s1. The smallest absolute Gasteiger partial charge is 0.0665 e. The van der Waals surface area contributed by atoms with Crippen molar-refractivity contribution in [1.82, 2.24) is 9.78 Å². The van der Waals surface area contributed by atoms with E-state index in [1.165, 1.54) is 30.4 Å². The fraction of sp³-hybridized carbons (Fsp3) is 0.593. The average Bonchev–Trinajstić information content (AvgIpc) is 3.33. The summed E-state index contributed by atoms with van der Waals surface area (Å²) in [5.74, 6) is 1.90. The van der Waals surface area contributed by atoms with Gasteiger partial charge in [0.15, 0.2) is 0 Å². The number of hydrogen-bond donors (Lipinski definition) is 2. The van der Waals surface area contributed by atoms with Gasteiger partial charge in [0.1, 0.15) is 0 Å². The van der Waals surface area contributed by atoms with Gasteiger partial charge in [0.2, 0.25) is 0 Å². The van der Waals surface area contributed by atoms with Crippen molar-refractivity contribution in [3.63, 3.8) is 0 Å². The molecule has 0 amide bonds. The van der Waals surface area contributed by atoms with Crippen molar-refractivity contribution in [3.05, 3.63) is 59.9 Å². The second-order valence-electron chi connectivity index (χ2n) is 10.9. The highest BCUT2D eigenvalue weighted by molar-refractivity contribution is 5.35. The molecule has 4 heteroatoms. The molecular weight excluding hydrogens is 382 g/mol. The van der Waals surface area contributed by atoms with Gasteiger partial charge < -0.3 is 10.8 Å². The summed E-state index contributed by atoms with van der Waals surface area (Å²) in [7, 11) is 0. The molecule has 3 N–H and O–H groups in total. The number of allylic oxidation sites excluding steroid dienone is 1. The van der Waals surface area contributed by atoms with Crippen LogP contribution in [0.15, 0.2) is 48.7 Å². The molecule has 0 bridgehead atoms. The van der Waals surface area contributed by atoms with Gasteiger partial charge in [0.25, 0.3) is 0 Å². The van der Waals surface area contributed by atoms with Crippen LogP contribution in [0.3, 0.4) is 0 Å². The highest BCUT2D eigenvalue weighted by Crippen LogP contribution is 2.62. The Balaban J connectivity index is 1.49. The summed E-state index contributed by atoms with van der Waals surface area (Å²) < 4.78 is 2.02. The fourth-order valence-corrected chi connectivity index (χ4v) is 7.55. The van der Waals surface area contributed by atoms with Gasteiger partial charge >= 0.3 is 0 Å². The Morgan fingerprint density at radius 2 is 1.97 bits per heavy atom. The Hall–Kier alpha value is -1.91. The van der Waals surface area contributed by atoms with Crippen molar-refractivity contribution < 1.29 is 5.11 Å². The lowest BCUT2D eigenvalue weighted by atomic mass is 9.49. The number of aliphatic hydroxyl groups excluding tert-OH is 1. The van der Waals surface area contributed by atoms with Crippen LogP contribution >= 0.6 is 0 Å². The molecule has 3 aliphatic carbocycles. The minimum absolute atomic E-state index is 0.0432. The lowest BCUT2D eigenvalue weighted by Crippen LogP contribution is -2.53. The lowest BCUT2D eigenvalue weighted by molar-refractivity contribution is -0.0536. The van der Waals surface area contributed by atoms with Gasteiger partial charge in [-0.15, -0.1) is 0 Å². The Morgan fingerprint density at radius 1 is 1.19 bits per heavy atom. The molecule has 2 aromatic rings. The second kappa shape index (κ2) is 7.60. The van der Waals surface area contributed by atoms with Crippen LogP contribution in [0.2, 0.25) is 0 Å². The molecule has 1 aromatic heterocycles. The molecular formula is C27H37N3O. The highest BCUT2D eigenvalue weighted by atomic mass is 16.3.